The summed E-state index contributed by atoms with van der Waals surface area (Å²) in [7, 11) is -2.81. The smallest absolute Gasteiger partial charge is 0.372 e. The minimum atomic E-state index is -3.88. The average molecular weight is 382 g/mol. The zero-order valence-electron chi connectivity index (χ0n) is 14.9. The van der Waals surface area contributed by atoms with E-state index in [0.717, 1.165) is 30.6 Å². The van der Waals surface area contributed by atoms with Gasteiger partial charge in [-0.1, -0.05) is 0 Å². The van der Waals surface area contributed by atoms with Crippen molar-refractivity contribution in [3.63, 3.8) is 0 Å². The van der Waals surface area contributed by atoms with E-state index in [9.17, 15) is 8.42 Å². The van der Waals surface area contributed by atoms with E-state index in [1.807, 2.05) is 32.0 Å². The summed E-state index contributed by atoms with van der Waals surface area (Å²) in [6.45, 7) is 5.46. The Morgan fingerprint density at radius 2 is 2.12 bits per heavy atom. The molecular formula is C15H22N6O4S. The highest BCUT2D eigenvalue weighted by Crippen LogP contribution is 2.26. The van der Waals surface area contributed by atoms with Gasteiger partial charge in [0.05, 0.1) is 19.4 Å². The highest BCUT2D eigenvalue weighted by Gasteiger charge is 2.10. The molecule has 0 spiro atoms. The summed E-state index contributed by atoms with van der Waals surface area (Å²) in [5, 5.41) is 14.5. The van der Waals surface area contributed by atoms with Crippen molar-refractivity contribution in [2.24, 2.45) is 10.2 Å². The van der Waals surface area contributed by atoms with E-state index in [4.69, 9.17) is 4.18 Å². The zero-order valence-corrected chi connectivity index (χ0v) is 15.7. The van der Waals surface area contributed by atoms with Gasteiger partial charge in [0.15, 0.2) is 0 Å². The fourth-order valence-corrected chi connectivity index (χ4v) is 2.65. The summed E-state index contributed by atoms with van der Waals surface area (Å²) in [5.74, 6) is 0.342. The van der Waals surface area contributed by atoms with Crippen LogP contribution < -0.4 is 4.90 Å². The molecule has 1 aromatic heterocycles. The van der Waals surface area contributed by atoms with E-state index in [1.54, 1.807) is 0 Å². The Morgan fingerprint density at radius 3 is 2.73 bits per heavy atom. The van der Waals surface area contributed by atoms with Crippen LogP contribution in [0.2, 0.25) is 0 Å². The van der Waals surface area contributed by atoms with Gasteiger partial charge in [-0.25, -0.2) is 9.28 Å². The van der Waals surface area contributed by atoms with Crippen LogP contribution in [0.4, 0.5) is 17.3 Å². The number of hydrogen-bond acceptors (Lipinski definition) is 9. The number of anilines is 1. The Bertz CT molecular complexity index is 823. The molecule has 142 valence electrons. The van der Waals surface area contributed by atoms with Crippen molar-refractivity contribution in [2.45, 2.75) is 20.3 Å². The van der Waals surface area contributed by atoms with Crippen LogP contribution >= 0.6 is 0 Å². The van der Waals surface area contributed by atoms with E-state index in [-0.39, 0.29) is 6.61 Å². The van der Waals surface area contributed by atoms with E-state index in [0.29, 0.717) is 18.9 Å². The third-order valence-electron chi connectivity index (χ3n) is 3.59. The molecule has 0 amide bonds. The highest BCUT2D eigenvalue weighted by atomic mass is 32.3. The van der Waals surface area contributed by atoms with Gasteiger partial charge in [-0.15, -0.1) is 10.2 Å². The van der Waals surface area contributed by atoms with Crippen LogP contribution in [-0.4, -0.2) is 50.4 Å². The summed E-state index contributed by atoms with van der Waals surface area (Å²) in [5.41, 5.74) is 2.70. The number of aromatic amines is 1. The summed E-state index contributed by atoms with van der Waals surface area (Å²) in [6, 6.07) is 5.82. The average Bonchev–Trinajstić information content (AvgIpc) is 3.14. The molecule has 26 heavy (non-hydrogen) atoms. The third kappa shape index (κ3) is 5.86. The van der Waals surface area contributed by atoms with Gasteiger partial charge < -0.3 is 4.90 Å². The van der Waals surface area contributed by atoms with Crippen LogP contribution in [0.5, 0.6) is 0 Å². The molecular weight excluding hydrogens is 360 g/mol. The SMILES string of the molecule is CCN(CCCOS(=O)(=O)OC)c1ccc(N=Nc2ncn[nH]2)c(C)c1. The summed E-state index contributed by atoms with van der Waals surface area (Å²) in [4.78, 5) is 6.00. The Balaban J connectivity index is 1.96. The van der Waals surface area contributed by atoms with Crippen LogP contribution in [0, 0.1) is 6.92 Å². The standard InChI is InChI=1S/C15H22N6O4S/c1-4-21(8-5-9-25-26(22,23)24-3)13-6-7-14(12(2)10-13)18-20-15-16-11-17-19-15/h6-7,10-11H,4-5,8-9H2,1-3H3,(H,16,17,19). The van der Waals surface area contributed by atoms with E-state index >= 15 is 0 Å². The van der Waals surface area contributed by atoms with E-state index in [1.165, 1.54) is 6.33 Å². The van der Waals surface area contributed by atoms with E-state index in [2.05, 4.69) is 34.5 Å². The van der Waals surface area contributed by atoms with Crippen molar-refractivity contribution < 1.29 is 16.8 Å². The molecule has 0 saturated carbocycles. The van der Waals surface area contributed by atoms with Gasteiger partial charge in [-0.3, -0.25) is 4.18 Å². The molecule has 0 unspecified atom stereocenters. The van der Waals surface area contributed by atoms with Gasteiger partial charge in [-0.05, 0) is 44.0 Å². The van der Waals surface area contributed by atoms with Crippen LogP contribution in [0.1, 0.15) is 18.9 Å². The molecule has 0 saturated heterocycles. The summed E-state index contributed by atoms with van der Waals surface area (Å²) in [6.07, 6.45) is 1.91. The van der Waals surface area contributed by atoms with Gasteiger partial charge in [0, 0.05) is 18.8 Å². The molecule has 10 nitrogen and oxygen atoms in total. The molecule has 0 fully saturated rings. The van der Waals surface area contributed by atoms with Gasteiger partial charge in [0.2, 0.25) is 0 Å². The lowest BCUT2D eigenvalue weighted by molar-refractivity contribution is 0.241. The molecule has 1 heterocycles. The third-order valence-corrected chi connectivity index (χ3v) is 4.45. The number of aromatic nitrogens is 3. The fourth-order valence-electron chi connectivity index (χ4n) is 2.23. The molecule has 11 heteroatoms. The molecule has 0 atom stereocenters. The summed E-state index contributed by atoms with van der Waals surface area (Å²) >= 11 is 0. The minimum Gasteiger partial charge on any atom is -0.372 e. The number of aryl methyl sites for hydroxylation is 1. The van der Waals surface area contributed by atoms with Crippen LogP contribution in [0.25, 0.3) is 0 Å². The topological polar surface area (TPSA) is 122 Å². The van der Waals surface area contributed by atoms with Gasteiger partial charge >= 0.3 is 10.4 Å². The van der Waals surface area contributed by atoms with Crippen molar-refractivity contribution in [3.05, 3.63) is 30.1 Å². The first kappa shape index (κ1) is 19.9. The van der Waals surface area contributed by atoms with Crippen LogP contribution in [0.15, 0.2) is 34.8 Å². The number of rotatable bonds is 10. The first-order valence-electron chi connectivity index (χ1n) is 8.03. The highest BCUT2D eigenvalue weighted by molar-refractivity contribution is 7.81. The first-order valence-corrected chi connectivity index (χ1v) is 9.36. The van der Waals surface area contributed by atoms with Crippen molar-refractivity contribution in [1.82, 2.24) is 15.2 Å². The van der Waals surface area contributed by atoms with Crippen LogP contribution in [-0.2, 0) is 18.8 Å². The normalized spacial score (nSPS) is 12.0. The predicted octanol–water partition coefficient (Wildman–Crippen LogP) is 2.65. The molecule has 0 radical (unpaired) electrons. The number of azo groups is 1. The first-order chi connectivity index (χ1) is 12.4. The van der Waals surface area contributed by atoms with Crippen LogP contribution in [0.3, 0.4) is 0 Å². The molecule has 2 aromatic rings. The second kappa shape index (κ2) is 9.36. The molecule has 1 N–H and O–H groups in total. The second-order valence-corrected chi connectivity index (χ2v) is 6.70. The van der Waals surface area contributed by atoms with Crippen molar-refractivity contribution in [1.29, 1.82) is 0 Å². The maximum absolute atomic E-state index is 11.1. The molecule has 2 rings (SSSR count). The lowest BCUT2D eigenvalue weighted by Gasteiger charge is -2.23. The molecule has 0 aliphatic carbocycles. The zero-order chi connectivity index (χ0) is 19.0. The van der Waals surface area contributed by atoms with Crippen molar-refractivity contribution in [3.8, 4) is 0 Å². The minimum absolute atomic E-state index is 0.0646. The Kier molecular flexibility index (Phi) is 7.18. The molecule has 0 aliphatic rings. The van der Waals surface area contributed by atoms with Crippen molar-refractivity contribution in [2.75, 3.05) is 31.7 Å². The number of nitrogens with zero attached hydrogens (tertiary/aromatic N) is 5. The Hall–Kier alpha value is -2.37. The number of benzene rings is 1. The molecule has 1 aromatic carbocycles. The predicted molar refractivity (Wildman–Crippen MR) is 96.1 cm³/mol. The Labute approximate surface area is 152 Å². The number of hydrogen-bond donors (Lipinski definition) is 1. The van der Waals surface area contributed by atoms with Gasteiger partial charge in [-0.2, -0.15) is 18.5 Å². The monoisotopic (exact) mass is 382 g/mol. The lowest BCUT2D eigenvalue weighted by atomic mass is 10.1. The Morgan fingerprint density at radius 1 is 1.31 bits per heavy atom. The van der Waals surface area contributed by atoms with Crippen molar-refractivity contribution >= 4 is 27.7 Å². The summed E-state index contributed by atoms with van der Waals surface area (Å²) < 4.78 is 31.2. The molecule has 0 aliphatic heterocycles. The maximum Gasteiger partial charge on any atom is 0.399 e. The van der Waals surface area contributed by atoms with E-state index < -0.39 is 10.4 Å². The van der Waals surface area contributed by atoms with Gasteiger partial charge in [0.25, 0.3) is 5.95 Å². The number of nitrogens with one attached hydrogen (secondary N) is 1. The second-order valence-electron chi connectivity index (χ2n) is 5.31. The fraction of sp³-hybridized carbons (Fsp3) is 0.467. The largest absolute Gasteiger partial charge is 0.399 e. The van der Waals surface area contributed by atoms with Gasteiger partial charge in [0.1, 0.15) is 6.33 Å². The maximum atomic E-state index is 11.1. The quantitative estimate of drug-likeness (QED) is 0.495. The molecule has 0 bridgehead atoms. The number of H-pyrrole nitrogens is 1. The lowest BCUT2D eigenvalue weighted by Crippen LogP contribution is -2.25.